The fourth-order valence-electron chi connectivity index (χ4n) is 3.11. The lowest BCUT2D eigenvalue weighted by atomic mass is 10.1. The average molecular weight is 347 g/mol. The lowest BCUT2D eigenvalue weighted by molar-refractivity contribution is 0.172. The molecule has 0 saturated heterocycles. The van der Waals surface area contributed by atoms with E-state index in [-0.39, 0.29) is 12.4 Å². The standard InChI is InChI=1S/C20H26N2O.ClH/c1-15(18-8-9-18)22(14-17-4-3-5-19(21)12-17)13-16-6-10-20(23-2)11-7-16;/h3-7,10-12,15,18H,8-9,13-14,21H2,1-2H3;1H. The Morgan fingerprint density at radius 2 is 1.75 bits per heavy atom. The van der Waals surface area contributed by atoms with Crippen molar-refractivity contribution in [2.75, 3.05) is 12.8 Å². The molecule has 1 aliphatic rings. The van der Waals surface area contributed by atoms with Crippen molar-refractivity contribution in [1.29, 1.82) is 0 Å². The van der Waals surface area contributed by atoms with Crippen molar-refractivity contribution in [3.8, 4) is 5.75 Å². The summed E-state index contributed by atoms with van der Waals surface area (Å²) in [5.41, 5.74) is 9.38. The van der Waals surface area contributed by atoms with Crippen LogP contribution in [0.25, 0.3) is 0 Å². The Bertz CT molecular complexity index is 640. The topological polar surface area (TPSA) is 38.5 Å². The third-order valence-electron chi connectivity index (χ3n) is 4.76. The predicted octanol–water partition coefficient (Wildman–Crippen LogP) is 4.50. The summed E-state index contributed by atoms with van der Waals surface area (Å²) in [6, 6.07) is 17.2. The minimum Gasteiger partial charge on any atom is -0.497 e. The van der Waals surface area contributed by atoms with Crippen molar-refractivity contribution >= 4 is 18.1 Å². The Morgan fingerprint density at radius 1 is 1.08 bits per heavy atom. The molecule has 0 aliphatic heterocycles. The highest BCUT2D eigenvalue weighted by molar-refractivity contribution is 5.85. The van der Waals surface area contributed by atoms with Gasteiger partial charge >= 0.3 is 0 Å². The van der Waals surface area contributed by atoms with Crippen LogP contribution in [0.1, 0.15) is 30.9 Å². The molecule has 3 rings (SSSR count). The molecule has 130 valence electrons. The summed E-state index contributed by atoms with van der Waals surface area (Å²) >= 11 is 0. The van der Waals surface area contributed by atoms with Gasteiger partial charge in [0.25, 0.3) is 0 Å². The second-order valence-electron chi connectivity index (χ2n) is 6.58. The molecular weight excluding hydrogens is 320 g/mol. The van der Waals surface area contributed by atoms with E-state index in [1.54, 1.807) is 7.11 Å². The molecule has 0 spiro atoms. The van der Waals surface area contributed by atoms with Crippen LogP contribution in [0, 0.1) is 5.92 Å². The highest BCUT2D eigenvalue weighted by Gasteiger charge is 2.32. The van der Waals surface area contributed by atoms with Gasteiger partial charge in [0.1, 0.15) is 5.75 Å². The molecular formula is C20H27ClN2O. The fourth-order valence-corrected chi connectivity index (χ4v) is 3.11. The lowest BCUT2D eigenvalue weighted by Gasteiger charge is -2.29. The van der Waals surface area contributed by atoms with Gasteiger partial charge in [-0.2, -0.15) is 0 Å². The number of halogens is 1. The molecule has 1 atom stereocenters. The number of nitrogens with zero attached hydrogens (tertiary/aromatic N) is 1. The smallest absolute Gasteiger partial charge is 0.118 e. The molecule has 2 aromatic rings. The molecule has 4 heteroatoms. The Balaban J connectivity index is 0.00000208. The highest BCUT2D eigenvalue weighted by Crippen LogP contribution is 2.36. The van der Waals surface area contributed by atoms with Crippen molar-refractivity contribution in [2.45, 2.75) is 38.9 Å². The molecule has 1 unspecified atom stereocenters. The van der Waals surface area contributed by atoms with Gasteiger partial charge in [-0.15, -0.1) is 12.4 Å². The molecule has 1 aliphatic carbocycles. The molecule has 0 heterocycles. The zero-order valence-electron chi connectivity index (χ0n) is 14.4. The maximum atomic E-state index is 5.93. The van der Waals surface area contributed by atoms with Gasteiger partial charge in [0.15, 0.2) is 0 Å². The van der Waals surface area contributed by atoms with Crippen LogP contribution >= 0.6 is 12.4 Å². The second-order valence-corrected chi connectivity index (χ2v) is 6.58. The highest BCUT2D eigenvalue weighted by atomic mass is 35.5. The minimum absolute atomic E-state index is 0. The van der Waals surface area contributed by atoms with Crippen molar-refractivity contribution in [2.24, 2.45) is 5.92 Å². The van der Waals surface area contributed by atoms with Gasteiger partial charge < -0.3 is 10.5 Å². The van der Waals surface area contributed by atoms with Gasteiger partial charge in [-0.05, 0) is 61.1 Å². The summed E-state index contributed by atoms with van der Waals surface area (Å²) in [5.74, 6) is 1.75. The summed E-state index contributed by atoms with van der Waals surface area (Å²) in [4.78, 5) is 2.56. The van der Waals surface area contributed by atoms with E-state index in [9.17, 15) is 0 Å². The van der Waals surface area contributed by atoms with E-state index in [0.717, 1.165) is 30.4 Å². The van der Waals surface area contributed by atoms with Gasteiger partial charge in [-0.1, -0.05) is 24.3 Å². The summed E-state index contributed by atoms with van der Waals surface area (Å²) in [5, 5.41) is 0. The van der Waals surface area contributed by atoms with Crippen molar-refractivity contribution in [3.63, 3.8) is 0 Å². The zero-order valence-corrected chi connectivity index (χ0v) is 15.3. The number of hydrogen-bond acceptors (Lipinski definition) is 3. The number of nitrogen functional groups attached to an aromatic ring is 1. The minimum atomic E-state index is 0. The largest absolute Gasteiger partial charge is 0.497 e. The third kappa shape index (κ3) is 4.89. The normalized spacial score (nSPS) is 15.0. The van der Waals surface area contributed by atoms with Gasteiger partial charge in [0.2, 0.25) is 0 Å². The Labute approximate surface area is 151 Å². The van der Waals surface area contributed by atoms with Gasteiger partial charge in [0, 0.05) is 24.8 Å². The average Bonchev–Trinajstić information content (AvgIpc) is 3.39. The Kier molecular flexibility index (Phi) is 6.52. The van der Waals surface area contributed by atoms with Crippen molar-refractivity contribution < 1.29 is 4.74 Å². The molecule has 0 bridgehead atoms. The number of rotatable bonds is 7. The van der Waals surface area contributed by atoms with Crippen LogP contribution in [-0.2, 0) is 13.1 Å². The quantitative estimate of drug-likeness (QED) is 0.750. The number of ether oxygens (including phenoxy) is 1. The molecule has 1 fully saturated rings. The van der Waals surface area contributed by atoms with Crippen molar-refractivity contribution in [1.82, 2.24) is 4.90 Å². The molecule has 2 N–H and O–H groups in total. The maximum Gasteiger partial charge on any atom is 0.118 e. The van der Waals surface area contributed by atoms with Crippen LogP contribution in [0.4, 0.5) is 5.69 Å². The number of methoxy groups -OCH3 is 1. The van der Waals surface area contributed by atoms with E-state index in [1.807, 2.05) is 24.3 Å². The second kappa shape index (κ2) is 8.41. The van der Waals surface area contributed by atoms with Crippen LogP contribution in [0.5, 0.6) is 5.75 Å². The first-order chi connectivity index (χ1) is 11.2. The van der Waals surface area contributed by atoms with E-state index in [2.05, 4.69) is 36.1 Å². The lowest BCUT2D eigenvalue weighted by Crippen LogP contribution is -2.33. The first-order valence-electron chi connectivity index (χ1n) is 8.37. The van der Waals surface area contributed by atoms with Crippen molar-refractivity contribution in [3.05, 3.63) is 59.7 Å². The number of anilines is 1. The molecule has 0 radical (unpaired) electrons. The third-order valence-corrected chi connectivity index (χ3v) is 4.76. The summed E-state index contributed by atoms with van der Waals surface area (Å²) in [7, 11) is 1.70. The van der Waals surface area contributed by atoms with Crippen LogP contribution in [-0.4, -0.2) is 18.1 Å². The van der Waals surface area contributed by atoms with Gasteiger partial charge in [-0.25, -0.2) is 0 Å². The molecule has 3 nitrogen and oxygen atoms in total. The summed E-state index contributed by atoms with van der Waals surface area (Å²) in [6.07, 6.45) is 2.72. The number of benzene rings is 2. The first-order valence-corrected chi connectivity index (χ1v) is 8.37. The van der Waals surface area contributed by atoms with E-state index in [4.69, 9.17) is 10.5 Å². The molecule has 2 aromatic carbocycles. The zero-order chi connectivity index (χ0) is 16.2. The SMILES string of the molecule is COc1ccc(CN(Cc2cccc(N)c2)C(C)C2CC2)cc1.Cl. The van der Waals surface area contributed by atoms with Gasteiger partial charge in [-0.3, -0.25) is 4.90 Å². The molecule has 24 heavy (non-hydrogen) atoms. The van der Waals surface area contributed by atoms with E-state index in [1.165, 1.54) is 24.0 Å². The monoisotopic (exact) mass is 346 g/mol. The van der Waals surface area contributed by atoms with E-state index >= 15 is 0 Å². The predicted molar refractivity (Wildman–Crippen MR) is 103 cm³/mol. The number of hydrogen-bond donors (Lipinski definition) is 1. The van der Waals surface area contributed by atoms with Crippen LogP contribution in [0.15, 0.2) is 48.5 Å². The van der Waals surface area contributed by atoms with E-state index < -0.39 is 0 Å². The Morgan fingerprint density at radius 3 is 2.33 bits per heavy atom. The summed E-state index contributed by atoms with van der Waals surface area (Å²) < 4.78 is 5.25. The number of nitrogens with two attached hydrogens (primary N) is 1. The molecule has 0 amide bonds. The van der Waals surface area contributed by atoms with Crippen LogP contribution in [0.3, 0.4) is 0 Å². The molecule has 0 aromatic heterocycles. The summed E-state index contributed by atoms with van der Waals surface area (Å²) in [6.45, 7) is 4.25. The first kappa shape index (κ1) is 18.6. The molecule has 1 saturated carbocycles. The van der Waals surface area contributed by atoms with Crippen LogP contribution < -0.4 is 10.5 Å². The van der Waals surface area contributed by atoms with Crippen LogP contribution in [0.2, 0.25) is 0 Å². The van der Waals surface area contributed by atoms with E-state index in [0.29, 0.717) is 6.04 Å². The van der Waals surface area contributed by atoms with Gasteiger partial charge in [0.05, 0.1) is 7.11 Å². The maximum absolute atomic E-state index is 5.93. The Hall–Kier alpha value is -1.71. The fraction of sp³-hybridized carbons (Fsp3) is 0.400.